The van der Waals surface area contributed by atoms with Crippen LogP contribution in [-0.4, -0.2) is 58.1 Å². The van der Waals surface area contributed by atoms with Crippen LogP contribution in [-0.2, 0) is 13.1 Å². The first kappa shape index (κ1) is 20.9. The van der Waals surface area contributed by atoms with E-state index in [0.29, 0.717) is 36.6 Å². The van der Waals surface area contributed by atoms with Crippen molar-refractivity contribution in [2.75, 3.05) is 33.0 Å². The van der Waals surface area contributed by atoms with E-state index in [1.807, 2.05) is 43.3 Å². The number of ether oxygens (including phenoxy) is 2. The van der Waals surface area contributed by atoms with Crippen LogP contribution in [0.2, 0.25) is 0 Å². The molecule has 0 amide bonds. The maximum Gasteiger partial charge on any atom is 0.253 e. The monoisotopic (exact) mass is 459 g/mol. The predicted octanol–water partition coefficient (Wildman–Crippen LogP) is 3.75. The lowest BCUT2D eigenvalue weighted by atomic mass is 10.1. The van der Waals surface area contributed by atoms with Crippen LogP contribution < -0.4 is 9.47 Å². The van der Waals surface area contributed by atoms with Crippen molar-refractivity contribution in [1.82, 2.24) is 25.2 Å². The van der Waals surface area contributed by atoms with Gasteiger partial charge < -0.3 is 18.4 Å². The summed E-state index contributed by atoms with van der Waals surface area (Å²) in [7, 11) is 0. The lowest BCUT2D eigenvalue weighted by Gasteiger charge is -2.33. The molecule has 0 bridgehead atoms. The van der Waals surface area contributed by atoms with Gasteiger partial charge in [0, 0.05) is 38.3 Å². The molecular formula is C25H25N5O4. The average molecular weight is 460 g/mol. The Morgan fingerprint density at radius 1 is 0.853 bits per heavy atom. The molecule has 2 aromatic heterocycles. The Hall–Kier alpha value is -3.69. The summed E-state index contributed by atoms with van der Waals surface area (Å²) in [5.74, 6) is 3.35. The second-order valence-corrected chi connectivity index (χ2v) is 8.57. The molecule has 9 nitrogen and oxygen atoms in total. The molecule has 0 radical (unpaired) electrons. The van der Waals surface area contributed by atoms with Crippen molar-refractivity contribution >= 4 is 0 Å². The third-order valence-electron chi connectivity index (χ3n) is 6.26. The van der Waals surface area contributed by atoms with Gasteiger partial charge in [-0.3, -0.25) is 9.80 Å². The second-order valence-electron chi connectivity index (χ2n) is 8.57. The van der Waals surface area contributed by atoms with Crippen molar-refractivity contribution in [3.05, 3.63) is 65.7 Å². The van der Waals surface area contributed by atoms with E-state index in [1.165, 1.54) is 5.56 Å². The molecule has 0 N–H and O–H groups in total. The van der Waals surface area contributed by atoms with Crippen molar-refractivity contribution in [3.8, 4) is 34.2 Å². The number of rotatable bonds is 6. The van der Waals surface area contributed by atoms with Gasteiger partial charge in [-0.25, -0.2) is 0 Å². The molecule has 0 saturated carbocycles. The molecule has 6 rings (SSSR count). The van der Waals surface area contributed by atoms with Gasteiger partial charge >= 0.3 is 0 Å². The largest absolute Gasteiger partial charge is 0.454 e. The van der Waals surface area contributed by atoms with Gasteiger partial charge in [-0.05, 0) is 24.6 Å². The van der Waals surface area contributed by atoms with Crippen LogP contribution >= 0.6 is 0 Å². The number of nitrogens with zero attached hydrogens (tertiary/aromatic N) is 5. The molecule has 0 unspecified atom stereocenters. The number of piperazine rings is 1. The summed E-state index contributed by atoms with van der Waals surface area (Å²) >= 11 is 0. The normalized spacial score (nSPS) is 16.3. The van der Waals surface area contributed by atoms with Crippen LogP contribution in [0.15, 0.2) is 57.5 Å². The Morgan fingerprint density at radius 2 is 1.62 bits per heavy atom. The molecule has 9 heteroatoms. The molecule has 2 aromatic carbocycles. The van der Waals surface area contributed by atoms with E-state index in [-0.39, 0.29) is 0 Å². The Kier molecular flexibility index (Phi) is 5.48. The number of hydrogen-bond donors (Lipinski definition) is 0. The van der Waals surface area contributed by atoms with Crippen LogP contribution in [0.1, 0.15) is 17.2 Å². The van der Waals surface area contributed by atoms with E-state index in [9.17, 15) is 0 Å². The van der Waals surface area contributed by atoms with Gasteiger partial charge in [0.2, 0.25) is 12.7 Å². The number of aromatic nitrogens is 3. The van der Waals surface area contributed by atoms with Gasteiger partial charge in [0.05, 0.1) is 6.54 Å². The highest BCUT2D eigenvalue weighted by atomic mass is 16.7. The molecule has 1 fully saturated rings. The Bertz CT molecular complexity index is 1280. The first-order chi connectivity index (χ1) is 16.7. The fourth-order valence-corrected chi connectivity index (χ4v) is 4.43. The zero-order valence-electron chi connectivity index (χ0n) is 18.9. The number of benzene rings is 2. The van der Waals surface area contributed by atoms with Crippen molar-refractivity contribution in [3.63, 3.8) is 0 Å². The molecule has 4 aromatic rings. The van der Waals surface area contributed by atoms with E-state index in [0.717, 1.165) is 55.3 Å². The maximum atomic E-state index is 6.04. The SMILES string of the molecule is Cc1onc(-c2ccccc2)c1-c1nnc(CN2CCN(Cc3ccc4c(c3)OCO4)CC2)o1. The summed E-state index contributed by atoms with van der Waals surface area (Å²) in [5, 5.41) is 12.8. The summed E-state index contributed by atoms with van der Waals surface area (Å²) < 4.78 is 22.4. The van der Waals surface area contributed by atoms with Crippen LogP contribution in [0.4, 0.5) is 0 Å². The Morgan fingerprint density at radius 3 is 2.44 bits per heavy atom. The first-order valence-electron chi connectivity index (χ1n) is 11.4. The van der Waals surface area contributed by atoms with Gasteiger partial charge in [0.15, 0.2) is 11.5 Å². The maximum absolute atomic E-state index is 6.04. The van der Waals surface area contributed by atoms with Crippen LogP contribution in [0, 0.1) is 6.92 Å². The van der Waals surface area contributed by atoms with E-state index in [2.05, 4.69) is 37.3 Å². The quantitative estimate of drug-likeness (QED) is 0.428. The molecule has 0 atom stereocenters. The van der Waals surface area contributed by atoms with Crippen molar-refractivity contribution in [1.29, 1.82) is 0 Å². The minimum Gasteiger partial charge on any atom is -0.454 e. The molecule has 0 aliphatic carbocycles. The highest BCUT2D eigenvalue weighted by Crippen LogP contribution is 2.34. The highest BCUT2D eigenvalue weighted by molar-refractivity contribution is 5.77. The topological polar surface area (TPSA) is 89.9 Å². The third kappa shape index (κ3) is 4.15. The molecular weight excluding hydrogens is 434 g/mol. The minimum atomic E-state index is 0.305. The summed E-state index contributed by atoms with van der Waals surface area (Å²) in [4.78, 5) is 4.78. The first-order valence-corrected chi connectivity index (χ1v) is 11.4. The van der Waals surface area contributed by atoms with E-state index >= 15 is 0 Å². The minimum absolute atomic E-state index is 0.305. The zero-order valence-corrected chi connectivity index (χ0v) is 18.9. The molecule has 2 aliphatic rings. The summed E-state index contributed by atoms with van der Waals surface area (Å²) in [6.07, 6.45) is 0. The van der Waals surface area contributed by atoms with Crippen molar-refractivity contribution in [2.24, 2.45) is 0 Å². The van der Waals surface area contributed by atoms with Crippen LogP contribution in [0.5, 0.6) is 11.5 Å². The van der Waals surface area contributed by atoms with Gasteiger partial charge in [-0.15, -0.1) is 10.2 Å². The summed E-state index contributed by atoms with van der Waals surface area (Å²) in [6, 6.07) is 16.0. The number of aryl methyl sites for hydroxylation is 1. The summed E-state index contributed by atoms with van der Waals surface area (Å²) in [6.45, 7) is 7.49. The Labute approximate surface area is 196 Å². The van der Waals surface area contributed by atoms with Gasteiger partial charge in [0.1, 0.15) is 17.0 Å². The van der Waals surface area contributed by atoms with Crippen LogP contribution in [0.25, 0.3) is 22.7 Å². The summed E-state index contributed by atoms with van der Waals surface area (Å²) in [5.41, 5.74) is 3.65. The van der Waals surface area contributed by atoms with E-state index in [1.54, 1.807) is 0 Å². The van der Waals surface area contributed by atoms with Crippen LogP contribution in [0.3, 0.4) is 0 Å². The van der Waals surface area contributed by atoms with Gasteiger partial charge in [0.25, 0.3) is 5.89 Å². The fourth-order valence-electron chi connectivity index (χ4n) is 4.43. The van der Waals surface area contributed by atoms with Crippen molar-refractivity contribution < 1.29 is 18.4 Å². The number of hydrogen-bond acceptors (Lipinski definition) is 9. The standard InChI is InChI=1S/C25H25N5O4/c1-17-23(24(28-34-17)19-5-3-2-4-6-19)25-27-26-22(33-25)15-30-11-9-29(10-12-30)14-18-7-8-20-21(13-18)32-16-31-20/h2-8,13H,9-12,14-16H2,1H3. The second kappa shape index (κ2) is 8.92. The molecule has 174 valence electrons. The van der Waals surface area contributed by atoms with Crippen molar-refractivity contribution in [2.45, 2.75) is 20.0 Å². The smallest absolute Gasteiger partial charge is 0.253 e. The van der Waals surface area contributed by atoms with Gasteiger partial charge in [-0.2, -0.15) is 0 Å². The lowest BCUT2D eigenvalue weighted by molar-refractivity contribution is 0.114. The highest BCUT2D eigenvalue weighted by Gasteiger charge is 2.24. The molecule has 2 aliphatic heterocycles. The van der Waals surface area contributed by atoms with E-state index < -0.39 is 0 Å². The average Bonchev–Trinajstić information content (AvgIpc) is 3.60. The molecule has 0 spiro atoms. The molecule has 34 heavy (non-hydrogen) atoms. The third-order valence-corrected chi connectivity index (χ3v) is 6.26. The Balaban J connectivity index is 1.08. The molecule has 1 saturated heterocycles. The lowest BCUT2D eigenvalue weighted by Crippen LogP contribution is -2.45. The van der Waals surface area contributed by atoms with Gasteiger partial charge in [-0.1, -0.05) is 41.6 Å². The zero-order chi connectivity index (χ0) is 22.9. The molecule has 4 heterocycles. The predicted molar refractivity (Wildman–Crippen MR) is 123 cm³/mol. The number of fused-ring (bicyclic) bond motifs is 1. The fraction of sp³-hybridized carbons (Fsp3) is 0.320. The van der Waals surface area contributed by atoms with E-state index in [4.69, 9.17) is 18.4 Å².